The predicted octanol–water partition coefficient (Wildman–Crippen LogP) is 1.40. The van der Waals surface area contributed by atoms with Gasteiger partial charge >= 0.3 is 0 Å². The van der Waals surface area contributed by atoms with Crippen LogP contribution in [0.4, 0.5) is 0 Å². The number of hydrogen-bond donors (Lipinski definition) is 0. The summed E-state index contributed by atoms with van der Waals surface area (Å²) in [6.07, 6.45) is 5.89. The number of rotatable bonds is 1. The van der Waals surface area contributed by atoms with Crippen molar-refractivity contribution in [3.63, 3.8) is 0 Å². The lowest BCUT2D eigenvalue weighted by Gasteiger charge is -1.95. The molecule has 0 radical (unpaired) electrons. The van der Waals surface area contributed by atoms with Crippen molar-refractivity contribution in [2.24, 2.45) is 0 Å². The monoisotopic (exact) mass is 157 g/mol. The standard InChI is InChI=1S/C9H7N3/c10-3-1-8-2-4-12-7-11-6-9(12)5-8/h2,4-7H,1H2. The first-order valence-electron chi connectivity index (χ1n) is 3.68. The first kappa shape index (κ1) is 6.86. The zero-order valence-corrected chi connectivity index (χ0v) is 6.44. The highest BCUT2D eigenvalue weighted by Gasteiger charge is 1.94. The molecule has 58 valence electrons. The molecule has 0 saturated heterocycles. The van der Waals surface area contributed by atoms with Crippen LogP contribution in [0.3, 0.4) is 0 Å². The second-order valence-corrected chi connectivity index (χ2v) is 2.60. The van der Waals surface area contributed by atoms with Crippen LogP contribution in [0, 0.1) is 11.3 Å². The van der Waals surface area contributed by atoms with Crippen molar-refractivity contribution in [3.8, 4) is 6.07 Å². The Morgan fingerprint density at radius 3 is 3.33 bits per heavy atom. The maximum absolute atomic E-state index is 8.47. The van der Waals surface area contributed by atoms with E-state index in [1.54, 1.807) is 12.5 Å². The van der Waals surface area contributed by atoms with Gasteiger partial charge in [-0.2, -0.15) is 5.26 Å². The Labute approximate surface area is 69.9 Å². The van der Waals surface area contributed by atoms with Gasteiger partial charge in [-0.1, -0.05) is 0 Å². The smallest absolute Gasteiger partial charge is 0.0991 e. The molecule has 2 heterocycles. The third-order valence-corrected chi connectivity index (χ3v) is 1.76. The van der Waals surface area contributed by atoms with Crippen LogP contribution in [0.1, 0.15) is 5.56 Å². The fourth-order valence-corrected chi connectivity index (χ4v) is 1.17. The van der Waals surface area contributed by atoms with E-state index in [1.165, 1.54) is 0 Å². The minimum absolute atomic E-state index is 0.460. The molecule has 2 aromatic heterocycles. The van der Waals surface area contributed by atoms with Crippen LogP contribution in [0.2, 0.25) is 0 Å². The summed E-state index contributed by atoms with van der Waals surface area (Å²) in [6.45, 7) is 0. The van der Waals surface area contributed by atoms with Crippen LogP contribution in [0.25, 0.3) is 5.52 Å². The molecule has 2 aromatic rings. The van der Waals surface area contributed by atoms with Crippen molar-refractivity contribution in [2.45, 2.75) is 6.42 Å². The van der Waals surface area contributed by atoms with Crippen LogP contribution in [0.5, 0.6) is 0 Å². The van der Waals surface area contributed by atoms with Crippen molar-refractivity contribution in [2.75, 3.05) is 0 Å². The van der Waals surface area contributed by atoms with E-state index in [0.717, 1.165) is 11.1 Å². The van der Waals surface area contributed by atoms with Gasteiger partial charge in [-0.3, -0.25) is 0 Å². The Hall–Kier alpha value is -1.82. The van der Waals surface area contributed by atoms with Crippen LogP contribution in [-0.4, -0.2) is 9.38 Å². The van der Waals surface area contributed by atoms with Gasteiger partial charge in [-0.05, 0) is 17.7 Å². The fourth-order valence-electron chi connectivity index (χ4n) is 1.17. The largest absolute Gasteiger partial charge is 0.306 e. The topological polar surface area (TPSA) is 41.1 Å². The van der Waals surface area contributed by atoms with Crippen molar-refractivity contribution in [3.05, 3.63) is 36.4 Å². The molecule has 0 bridgehead atoms. The van der Waals surface area contributed by atoms with Crippen LogP contribution < -0.4 is 0 Å². The first-order chi connectivity index (χ1) is 5.90. The number of hydrogen-bond acceptors (Lipinski definition) is 2. The third-order valence-electron chi connectivity index (χ3n) is 1.76. The molecule has 0 unspecified atom stereocenters. The maximum atomic E-state index is 8.47. The van der Waals surface area contributed by atoms with Crippen LogP contribution in [0.15, 0.2) is 30.9 Å². The molecule has 0 saturated carbocycles. The Balaban J connectivity index is 2.54. The molecule has 0 aliphatic carbocycles. The van der Waals surface area contributed by atoms with Crippen LogP contribution >= 0.6 is 0 Å². The molecule has 0 aliphatic rings. The Morgan fingerprint density at radius 1 is 1.58 bits per heavy atom. The molecule has 2 rings (SSSR count). The second kappa shape index (κ2) is 2.67. The molecular formula is C9H7N3. The van der Waals surface area contributed by atoms with E-state index in [2.05, 4.69) is 11.1 Å². The molecule has 0 fully saturated rings. The maximum Gasteiger partial charge on any atom is 0.0991 e. The minimum atomic E-state index is 0.460. The molecule has 0 atom stereocenters. The SMILES string of the molecule is N#CCc1ccn2cncc2c1. The molecule has 0 amide bonds. The van der Waals surface area contributed by atoms with E-state index >= 15 is 0 Å². The van der Waals surface area contributed by atoms with Gasteiger partial charge in [0.15, 0.2) is 0 Å². The molecule has 0 spiro atoms. The number of nitriles is 1. The first-order valence-corrected chi connectivity index (χ1v) is 3.68. The molecule has 0 aliphatic heterocycles. The van der Waals surface area contributed by atoms with E-state index in [9.17, 15) is 0 Å². The molecule has 0 N–H and O–H groups in total. The zero-order chi connectivity index (χ0) is 8.39. The molecule has 3 nitrogen and oxygen atoms in total. The van der Waals surface area contributed by atoms with Gasteiger partial charge in [0.05, 0.1) is 30.5 Å². The highest BCUT2D eigenvalue weighted by molar-refractivity contribution is 5.47. The molecular weight excluding hydrogens is 150 g/mol. The van der Waals surface area contributed by atoms with Crippen molar-refractivity contribution >= 4 is 5.52 Å². The Kier molecular flexibility index (Phi) is 1.52. The van der Waals surface area contributed by atoms with Crippen molar-refractivity contribution < 1.29 is 0 Å². The molecule has 0 aromatic carbocycles. The van der Waals surface area contributed by atoms with Crippen LogP contribution in [-0.2, 0) is 6.42 Å². The van der Waals surface area contributed by atoms with E-state index < -0.39 is 0 Å². The average Bonchev–Trinajstić information content (AvgIpc) is 2.51. The van der Waals surface area contributed by atoms with E-state index in [1.807, 2.05) is 22.7 Å². The summed E-state index contributed by atoms with van der Waals surface area (Å²) in [6, 6.07) is 6.01. The molecule has 12 heavy (non-hydrogen) atoms. The lowest BCUT2D eigenvalue weighted by Crippen LogP contribution is -1.85. The number of imidazole rings is 1. The minimum Gasteiger partial charge on any atom is -0.306 e. The third kappa shape index (κ3) is 1.04. The summed E-state index contributed by atoms with van der Waals surface area (Å²) in [5, 5.41) is 8.47. The van der Waals surface area contributed by atoms with Gasteiger partial charge in [-0.25, -0.2) is 4.98 Å². The summed E-state index contributed by atoms with van der Waals surface area (Å²) in [4.78, 5) is 3.98. The van der Waals surface area contributed by atoms with Gasteiger partial charge in [0, 0.05) is 6.20 Å². The highest BCUT2D eigenvalue weighted by Crippen LogP contribution is 2.06. The van der Waals surface area contributed by atoms with Gasteiger partial charge in [-0.15, -0.1) is 0 Å². The Bertz CT molecular complexity index is 436. The zero-order valence-electron chi connectivity index (χ0n) is 6.44. The summed E-state index contributed by atoms with van der Waals surface area (Å²) in [7, 11) is 0. The number of fused-ring (bicyclic) bond motifs is 1. The number of aromatic nitrogens is 2. The second-order valence-electron chi connectivity index (χ2n) is 2.60. The van der Waals surface area contributed by atoms with Gasteiger partial charge in [0.2, 0.25) is 0 Å². The van der Waals surface area contributed by atoms with E-state index in [0.29, 0.717) is 6.42 Å². The number of pyridine rings is 1. The predicted molar refractivity (Wildman–Crippen MR) is 44.5 cm³/mol. The summed E-state index contributed by atoms with van der Waals surface area (Å²) < 4.78 is 1.92. The summed E-state index contributed by atoms with van der Waals surface area (Å²) in [5.74, 6) is 0. The van der Waals surface area contributed by atoms with E-state index in [4.69, 9.17) is 5.26 Å². The normalized spacial score (nSPS) is 9.92. The summed E-state index contributed by atoms with van der Waals surface area (Å²) >= 11 is 0. The number of nitrogens with zero attached hydrogens (tertiary/aromatic N) is 3. The quantitative estimate of drug-likeness (QED) is 0.627. The summed E-state index contributed by atoms with van der Waals surface area (Å²) in [5.41, 5.74) is 2.06. The van der Waals surface area contributed by atoms with Crippen molar-refractivity contribution in [1.82, 2.24) is 9.38 Å². The van der Waals surface area contributed by atoms with Gasteiger partial charge in [0.1, 0.15) is 0 Å². The van der Waals surface area contributed by atoms with Gasteiger partial charge in [0.25, 0.3) is 0 Å². The lowest BCUT2D eigenvalue weighted by molar-refractivity contribution is 1.13. The van der Waals surface area contributed by atoms with Crippen molar-refractivity contribution in [1.29, 1.82) is 5.26 Å². The molecule has 3 heteroatoms. The van der Waals surface area contributed by atoms with E-state index in [-0.39, 0.29) is 0 Å². The lowest BCUT2D eigenvalue weighted by atomic mass is 10.2. The Morgan fingerprint density at radius 2 is 2.50 bits per heavy atom. The fraction of sp³-hybridized carbons (Fsp3) is 0.111. The van der Waals surface area contributed by atoms with Gasteiger partial charge < -0.3 is 4.40 Å². The average molecular weight is 157 g/mol. The highest BCUT2D eigenvalue weighted by atomic mass is 15.0.